The molecule has 0 N–H and O–H groups in total. The number of carbonyl (C=O) groups excluding carboxylic acids is 3. The molecular formula is C14H9ClO7. The van der Waals surface area contributed by atoms with E-state index >= 15 is 0 Å². The number of halogens is 1. The first kappa shape index (κ1) is 15.7. The highest BCUT2D eigenvalue weighted by molar-refractivity contribution is 6.67. The molecule has 1 aromatic heterocycles. The lowest BCUT2D eigenvalue weighted by Crippen LogP contribution is -2.12. The lowest BCUT2D eigenvalue weighted by molar-refractivity contribution is -0.134. The average Bonchev–Trinajstić information content (AvgIpc) is 2.40. The molecule has 1 heterocycles. The Morgan fingerprint density at radius 3 is 2.27 bits per heavy atom. The van der Waals surface area contributed by atoms with Crippen LogP contribution in [0.1, 0.15) is 24.2 Å². The van der Waals surface area contributed by atoms with Gasteiger partial charge in [-0.2, -0.15) is 0 Å². The van der Waals surface area contributed by atoms with Gasteiger partial charge >= 0.3 is 17.6 Å². The SMILES string of the molecule is CC(=O)Oc1ccc2cc(C(=O)Cl)c(=O)oc2c1OC(C)=O. The van der Waals surface area contributed by atoms with Crippen LogP contribution in [0.15, 0.2) is 27.4 Å². The topological polar surface area (TPSA) is 99.9 Å². The Morgan fingerprint density at radius 2 is 1.73 bits per heavy atom. The van der Waals surface area contributed by atoms with Gasteiger partial charge in [-0.3, -0.25) is 14.4 Å². The molecule has 0 saturated carbocycles. The number of hydrogen-bond donors (Lipinski definition) is 0. The van der Waals surface area contributed by atoms with Gasteiger partial charge in [-0.25, -0.2) is 4.79 Å². The zero-order valence-electron chi connectivity index (χ0n) is 11.5. The molecule has 0 amide bonds. The number of fused-ring (bicyclic) bond motifs is 1. The van der Waals surface area contributed by atoms with E-state index < -0.39 is 22.8 Å². The lowest BCUT2D eigenvalue weighted by atomic mass is 10.1. The maximum Gasteiger partial charge on any atom is 0.348 e. The molecule has 0 saturated heterocycles. The van der Waals surface area contributed by atoms with Crippen LogP contribution in [0.4, 0.5) is 0 Å². The fourth-order valence-electron chi connectivity index (χ4n) is 1.75. The molecule has 2 rings (SSSR count). The third kappa shape index (κ3) is 3.15. The largest absolute Gasteiger partial charge is 0.423 e. The van der Waals surface area contributed by atoms with Gasteiger partial charge in [-0.05, 0) is 29.8 Å². The summed E-state index contributed by atoms with van der Waals surface area (Å²) in [4.78, 5) is 45.1. The van der Waals surface area contributed by atoms with E-state index in [9.17, 15) is 19.2 Å². The molecule has 0 radical (unpaired) electrons. The first-order valence-corrected chi connectivity index (χ1v) is 6.35. The number of carbonyl (C=O) groups is 3. The van der Waals surface area contributed by atoms with Crippen molar-refractivity contribution >= 4 is 39.8 Å². The van der Waals surface area contributed by atoms with Gasteiger partial charge in [-0.15, -0.1) is 0 Å². The summed E-state index contributed by atoms with van der Waals surface area (Å²) in [6.45, 7) is 2.29. The molecule has 0 aliphatic carbocycles. The van der Waals surface area contributed by atoms with Gasteiger partial charge < -0.3 is 13.9 Å². The zero-order chi connectivity index (χ0) is 16.4. The van der Waals surface area contributed by atoms with Gasteiger partial charge in [0.25, 0.3) is 5.24 Å². The summed E-state index contributed by atoms with van der Waals surface area (Å²) in [5.74, 6) is -1.68. The Morgan fingerprint density at radius 1 is 1.09 bits per heavy atom. The van der Waals surface area contributed by atoms with Crippen molar-refractivity contribution in [1.82, 2.24) is 0 Å². The molecule has 0 unspecified atom stereocenters. The molecule has 7 nitrogen and oxygen atoms in total. The summed E-state index contributed by atoms with van der Waals surface area (Å²) in [5, 5.41) is -0.704. The first-order valence-electron chi connectivity index (χ1n) is 5.97. The second kappa shape index (κ2) is 5.98. The Labute approximate surface area is 128 Å². The highest BCUT2D eigenvalue weighted by Crippen LogP contribution is 2.35. The standard InChI is InChI=1S/C14H9ClO7/c1-6(16)20-10-4-3-8-5-9(13(15)18)14(19)22-11(8)12(10)21-7(2)17/h3-5H,1-2H3. The van der Waals surface area contributed by atoms with Crippen molar-refractivity contribution in [3.05, 3.63) is 34.2 Å². The van der Waals surface area contributed by atoms with Crippen molar-refractivity contribution in [2.24, 2.45) is 0 Å². The average molecular weight is 325 g/mol. The van der Waals surface area contributed by atoms with Gasteiger partial charge in [-0.1, -0.05) is 0 Å². The van der Waals surface area contributed by atoms with E-state index in [0.29, 0.717) is 0 Å². The third-order valence-electron chi connectivity index (χ3n) is 2.53. The summed E-state index contributed by atoms with van der Waals surface area (Å²) in [6.07, 6.45) is 0. The zero-order valence-corrected chi connectivity index (χ0v) is 12.2. The quantitative estimate of drug-likeness (QED) is 0.368. The van der Waals surface area contributed by atoms with Crippen LogP contribution in [0.2, 0.25) is 0 Å². The van der Waals surface area contributed by atoms with Gasteiger partial charge in [0.05, 0.1) is 0 Å². The van der Waals surface area contributed by atoms with Crippen LogP contribution in [0.5, 0.6) is 11.5 Å². The molecule has 1 aromatic carbocycles. The van der Waals surface area contributed by atoms with E-state index in [1.165, 1.54) is 18.2 Å². The highest BCUT2D eigenvalue weighted by atomic mass is 35.5. The van der Waals surface area contributed by atoms with Gasteiger partial charge in [0.2, 0.25) is 5.75 Å². The Kier molecular flexibility index (Phi) is 4.27. The first-order chi connectivity index (χ1) is 10.3. The molecule has 0 aliphatic heterocycles. The summed E-state index contributed by atoms with van der Waals surface area (Å²) in [5.41, 5.74) is -1.50. The summed E-state index contributed by atoms with van der Waals surface area (Å²) in [7, 11) is 0. The molecular weight excluding hydrogens is 316 g/mol. The van der Waals surface area contributed by atoms with E-state index in [4.69, 9.17) is 25.5 Å². The maximum absolute atomic E-state index is 11.7. The van der Waals surface area contributed by atoms with Crippen molar-refractivity contribution < 1.29 is 28.3 Å². The van der Waals surface area contributed by atoms with E-state index in [1.807, 2.05) is 0 Å². The summed E-state index contributed by atoms with van der Waals surface area (Å²) >= 11 is 5.28. The number of esters is 2. The lowest BCUT2D eigenvalue weighted by Gasteiger charge is -2.10. The monoisotopic (exact) mass is 324 g/mol. The Balaban J connectivity index is 2.77. The summed E-state index contributed by atoms with van der Waals surface area (Å²) in [6, 6.07) is 3.96. The van der Waals surface area contributed by atoms with Crippen molar-refractivity contribution in [1.29, 1.82) is 0 Å². The Bertz CT molecular complexity index is 850. The van der Waals surface area contributed by atoms with Crippen LogP contribution in [0, 0.1) is 0 Å². The Hall–Kier alpha value is -2.67. The van der Waals surface area contributed by atoms with Crippen LogP contribution in [-0.4, -0.2) is 17.2 Å². The van der Waals surface area contributed by atoms with Gasteiger partial charge in [0, 0.05) is 19.2 Å². The normalized spacial score (nSPS) is 10.3. The number of benzene rings is 1. The molecule has 8 heteroatoms. The van der Waals surface area contributed by atoms with Crippen LogP contribution in [-0.2, 0) is 9.59 Å². The second-order valence-electron chi connectivity index (χ2n) is 4.22. The molecule has 0 fully saturated rings. The number of rotatable bonds is 3. The molecule has 2 aromatic rings. The van der Waals surface area contributed by atoms with E-state index in [-0.39, 0.29) is 28.0 Å². The molecule has 0 spiro atoms. The minimum absolute atomic E-state index is 0.0942. The highest BCUT2D eigenvalue weighted by Gasteiger charge is 2.19. The smallest absolute Gasteiger partial charge is 0.348 e. The van der Waals surface area contributed by atoms with Crippen molar-refractivity contribution in [2.75, 3.05) is 0 Å². The van der Waals surface area contributed by atoms with Crippen LogP contribution < -0.4 is 15.1 Å². The van der Waals surface area contributed by atoms with E-state index in [2.05, 4.69) is 0 Å². The molecule has 114 valence electrons. The van der Waals surface area contributed by atoms with Crippen molar-refractivity contribution in [3.8, 4) is 11.5 Å². The minimum Gasteiger partial charge on any atom is -0.423 e. The predicted molar refractivity (Wildman–Crippen MR) is 75.3 cm³/mol. The van der Waals surface area contributed by atoms with Crippen molar-refractivity contribution in [3.63, 3.8) is 0 Å². The fourth-order valence-corrected chi connectivity index (χ4v) is 1.89. The van der Waals surface area contributed by atoms with Gasteiger partial charge in [0.1, 0.15) is 5.56 Å². The fraction of sp³-hybridized carbons (Fsp3) is 0.143. The predicted octanol–water partition coefficient (Wildman–Crippen LogP) is 2.02. The van der Waals surface area contributed by atoms with Crippen LogP contribution in [0.25, 0.3) is 11.0 Å². The number of hydrogen-bond acceptors (Lipinski definition) is 7. The summed E-state index contributed by atoms with van der Waals surface area (Å²) < 4.78 is 14.8. The second-order valence-corrected chi connectivity index (χ2v) is 4.56. The van der Waals surface area contributed by atoms with Crippen LogP contribution in [0.3, 0.4) is 0 Å². The molecule has 0 atom stereocenters. The minimum atomic E-state index is -0.999. The third-order valence-corrected chi connectivity index (χ3v) is 2.74. The van der Waals surface area contributed by atoms with Gasteiger partial charge in [0.15, 0.2) is 11.3 Å². The molecule has 22 heavy (non-hydrogen) atoms. The molecule has 0 bridgehead atoms. The van der Waals surface area contributed by atoms with Crippen LogP contribution >= 0.6 is 11.6 Å². The van der Waals surface area contributed by atoms with Crippen molar-refractivity contribution in [2.45, 2.75) is 13.8 Å². The number of ether oxygens (including phenoxy) is 2. The molecule has 0 aliphatic rings. The van der Waals surface area contributed by atoms with E-state index in [1.54, 1.807) is 0 Å². The van der Waals surface area contributed by atoms with E-state index in [0.717, 1.165) is 13.8 Å². The maximum atomic E-state index is 11.7.